The summed E-state index contributed by atoms with van der Waals surface area (Å²) >= 11 is 0. The number of fused-ring (bicyclic) bond motifs is 3. The highest BCUT2D eigenvalue weighted by Gasteiger charge is 2.71. The molecule has 0 aliphatic heterocycles. The quantitative estimate of drug-likeness (QED) is 0.732. The fourth-order valence-corrected chi connectivity index (χ4v) is 3.16. The Kier molecular flexibility index (Phi) is 1.26. The summed E-state index contributed by atoms with van der Waals surface area (Å²) in [6.45, 7) is 2.05. The molecule has 2 aliphatic rings. The van der Waals surface area contributed by atoms with Gasteiger partial charge in [0, 0.05) is 5.92 Å². The average Bonchev–Trinajstić information content (AvgIpc) is 2.62. The zero-order valence-corrected chi connectivity index (χ0v) is 8.03. The van der Waals surface area contributed by atoms with Crippen molar-refractivity contribution in [1.29, 1.82) is 0 Å². The molecule has 0 spiro atoms. The average molecular weight is 188 g/mol. The molecule has 3 atom stereocenters. The minimum Gasteiger partial charge on any atom is -0.481 e. The van der Waals surface area contributed by atoms with E-state index < -0.39 is 11.4 Å². The van der Waals surface area contributed by atoms with E-state index in [1.54, 1.807) is 0 Å². The molecule has 3 rings (SSSR count). The molecule has 14 heavy (non-hydrogen) atoms. The lowest BCUT2D eigenvalue weighted by atomic mass is 9.97. The maximum absolute atomic E-state index is 11.2. The second-order valence-corrected chi connectivity index (χ2v) is 4.49. The van der Waals surface area contributed by atoms with Crippen molar-refractivity contribution < 1.29 is 9.90 Å². The van der Waals surface area contributed by atoms with E-state index >= 15 is 0 Å². The first-order valence-corrected chi connectivity index (χ1v) is 4.99. The maximum Gasteiger partial charge on any atom is 0.310 e. The predicted octanol–water partition coefficient (Wildman–Crippen LogP) is 2.05. The number of carboxylic acid groups (broad SMARTS) is 1. The van der Waals surface area contributed by atoms with Gasteiger partial charge in [-0.05, 0) is 23.5 Å². The van der Waals surface area contributed by atoms with Crippen LogP contribution in [0.1, 0.15) is 24.0 Å². The van der Waals surface area contributed by atoms with Crippen LogP contribution in [0.4, 0.5) is 0 Å². The van der Waals surface area contributed by atoms with Crippen LogP contribution in [0.15, 0.2) is 24.3 Å². The predicted molar refractivity (Wildman–Crippen MR) is 52.1 cm³/mol. The highest BCUT2D eigenvalue weighted by atomic mass is 16.4. The van der Waals surface area contributed by atoms with Gasteiger partial charge in [0.15, 0.2) is 0 Å². The summed E-state index contributed by atoms with van der Waals surface area (Å²) in [4.78, 5) is 11.2. The van der Waals surface area contributed by atoms with Crippen molar-refractivity contribution in [3.05, 3.63) is 35.4 Å². The lowest BCUT2D eigenvalue weighted by molar-refractivity contribution is -0.143. The van der Waals surface area contributed by atoms with E-state index in [2.05, 4.69) is 19.1 Å². The second-order valence-electron chi connectivity index (χ2n) is 4.49. The van der Waals surface area contributed by atoms with E-state index in [0.29, 0.717) is 5.92 Å². The molecule has 0 heterocycles. The van der Waals surface area contributed by atoms with Crippen LogP contribution in [0, 0.1) is 11.3 Å². The fourth-order valence-electron chi connectivity index (χ4n) is 3.16. The van der Waals surface area contributed by atoms with Gasteiger partial charge >= 0.3 is 5.97 Å². The minimum absolute atomic E-state index is 0.274. The smallest absolute Gasteiger partial charge is 0.310 e. The van der Waals surface area contributed by atoms with Crippen molar-refractivity contribution in [3.63, 3.8) is 0 Å². The second kappa shape index (κ2) is 2.19. The first-order valence-electron chi connectivity index (χ1n) is 4.99. The Morgan fingerprint density at radius 2 is 2.21 bits per heavy atom. The van der Waals surface area contributed by atoms with Gasteiger partial charge in [0.2, 0.25) is 0 Å². The third-order valence-electron chi connectivity index (χ3n) is 4.03. The van der Waals surface area contributed by atoms with Crippen molar-refractivity contribution in [2.45, 2.75) is 19.3 Å². The van der Waals surface area contributed by atoms with Crippen molar-refractivity contribution in [1.82, 2.24) is 0 Å². The monoisotopic (exact) mass is 188 g/mol. The molecule has 1 aromatic rings. The van der Waals surface area contributed by atoms with E-state index in [4.69, 9.17) is 0 Å². The molecule has 1 N–H and O–H groups in total. The first-order chi connectivity index (χ1) is 6.68. The number of aliphatic carboxylic acids is 1. The Bertz CT molecular complexity index is 424. The van der Waals surface area contributed by atoms with Gasteiger partial charge in [-0.25, -0.2) is 0 Å². The molecule has 2 heteroatoms. The van der Waals surface area contributed by atoms with Crippen molar-refractivity contribution >= 4 is 5.97 Å². The number of hydrogen-bond acceptors (Lipinski definition) is 1. The zero-order valence-electron chi connectivity index (χ0n) is 8.03. The van der Waals surface area contributed by atoms with Gasteiger partial charge in [0.1, 0.15) is 0 Å². The Morgan fingerprint density at radius 1 is 1.50 bits per heavy atom. The summed E-state index contributed by atoms with van der Waals surface area (Å²) in [5, 5.41) is 9.26. The zero-order chi connectivity index (χ0) is 9.92. The van der Waals surface area contributed by atoms with Gasteiger partial charge < -0.3 is 5.11 Å². The summed E-state index contributed by atoms with van der Waals surface area (Å²) < 4.78 is 0. The molecule has 2 nitrogen and oxygen atoms in total. The summed E-state index contributed by atoms with van der Waals surface area (Å²) in [7, 11) is 0. The molecule has 72 valence electrons. The lowest BCUT2D eigenvalue weighted by Crippen LogP contribution is -2.18. The van der Waals surface area contributed by atoms with Crippen LogP contribution in [0.2, 0.25) is 0 Å². The molecule has 0 aromatic heterocycles. The first kappa shape index (κ1) is 8.04. The van der Waals surface area contributed by atoms with Gasteiger partial charge in [0.25, 0.3) is 0 Å². The fraction of sp³-hybridized carbons (Fsp3) is 0.417. The van der Waals surface area contributed by atoms with Crippen LogP contribution < -0.4 is 0 Å². The number of rotatable bonds is 1. The van der Waals surface area contributed by atoms with Crippen LogP contribution in [0.25, 0.3) is 0 Å². The molecule has 1 saturated carbocycles. The number of benzene rings is 1. The Labute approximate surface area is 82.6 Å². The highest BCUT2D eigenvalue weighted by molar-refractivity contribution is 5.84. The van der Waals surface area contributed by atoms with Crippen LogP contribution in [0.5, 0.6) is 0 Å². The highest BCUT2D eigenvalue weighted by Crippen LogP contribution is 2.71. The molecule has 0 bridgehead atoms. The Hall–Kier alpha value is -1.31. The summed E-state index contributed by atoms with van der Waals surface area (Å²) in [6.07, 6.45) is 0.727. The van der Waals surface area contributed by atoms with E-state index in [1.807, 2.05) is 12.1 Å². The number of carbonyl (C=O) groups is 1. The van der Waals surface area contributed by atoms with Gasteiger partial charge in [-0.1, -0.05) is 31.2 Å². The number of hydrogen-bond donors (Lipinski definition) is 1. The largest absolute Gasteiger partial charge is 0.481 e. The number of carboxylic acids is 1. The minimum atomic E-state index is -0.619. The van der Waals surface area contributed by atoms with Crippen molar-refractivity contribution in [3.8, 4) is 0 Å². The van der Waals surface area contributed by atoms with Crippen LogP contribution >= 0.6 is 0 Å². The van der Waals surface area contributed by atoms with Crippen LogP contribution in [-0.2, 0) is 11.2 Å². The SMILES string of the molecule is CC1C2c3ccccc3CC12C(=O)O. The molecule has 0 amide bonds. The van der Waals surface area contributed by atoms with Crippen LogP contribution in [0.3, 0.4) is 0 Å². The Balaban J connectivity index is 2.11. The molecular formula is C12H12O2. The summed E-state index contributed by atoms with van der Waals surface area (Å²) in [5.41, 5.74) is 2.05. The molecular weight excluding hydrogens is 176 g/mol. The molecule has 1 fully saturated rings. The van der Waals surface area contributed by atoms with E-state index in [0.717, 1.165) is 6.42 Å². The lowest BCUT2D eigenvalue weighted by Gasteiger charge is -2.07. The van der Waals surface area contributed by atoms with E-state index in [-0.39, 0.29) is 5.92 Å². The summed E-state index contributed by atoms with van der Waals surface area (Å²) in [5.74, 6) is -0.0303. The van der Waals surface area contributed by atoms with Gasteiger partial charge in [0.05, 0.1) is 5.41 Å². The van der Waals surface area contributed by atoms with Gasteiger partial charge in [-0.3, -0.25) is 4.79 Å². The van der Waals surface area contributed by atoms with E-state index in [9.17, 15) is 9.90 Å². The summed E-state index contributed by atoms with van der Waals surface area (Å²) in [6, 6.07) is 8.12. The van der Waals surface area contributed by atoms with E-state index in [1.165, 1.54) is 11.1 Å². The third-order valence-corrected chi connectivity index (χ3v) is 4.03. The third kappa shape index (κ3) is 0.671. The maximum atomic E-state index is 11.2. The van der Waals surface area contributed by atoms with Crippen LogP contribution in [-0.4, -0.2) is 11.1 Å². The topological polar surface area (TPSA) is 37.3 Å². The molecule has 1 aromatic carbocycles. The van der Waals surface area contributed by atoms with Crippen molar-refractivity contribution in [2.24, 2.45) is 11.3 Å². The van der Waals surface area contributed by atoms with Gasteiger partial charge in [-0.2, -0.15) is 0 Å². The van der Waals surface area contributed by atoms with Gasteiger partial charge in [-0.15, -0.1) is 0 Å². The van der Waals surface area contributed by atoms with Crippen molar-refractivity contribution in [2.75, 3.05) is 0 Å². The molecule has 2 aliphatic carbocycles. The molecule has 3 unspecified atom stereocenters. The standard InChI is InChI=1S/C12H12O2/c1-7-10-9-5-3-2-4-8(9)6-12(7,10)11(13)14/h2-5,7,10H,6H2,1H3,(H,13,14). The Morgan fingerprint density at radius 3 is 2.93 bits per heavy atom. The molecule has 0 saturated heterocycles. The normalized spacial score (nSPS) is 37.5. The molecule has 0 radical (unpaired) electrons.